The van der Waals surface area contributed by atoms with Gasteiger partial charge in [-0.1, -0.05) is 22.9 Å². The number of hydrogen-bond donors (Lipinski definition) is 1. The number of likely N-dealkylation sites (tertiary alicyclic amines) is 1. The molecule has 0 spiro atoms. The normalized spacial score (nSPS) is 23.3. The summed E-state index contributed by atoms with van der Waals surface area (Å²) in [5, 5.41) is 2.67. The third-order valence-electron chi connectivity index (χ3n) is 6.05. The molecule has 32 heavy (non-hydrogen) atoms. The smallest absolute Gasteiger partial charge is 0.328 e. The van der Waals surface area contributed by atoms with Crippen molar-refractivity contribution in [3.05, 3.63) is 58.6 Å². The van der Waals surface area contributed by atoms with Gasteiger partial charge in [-0.15, -0.1) is 0 Å². The molecule has 2 aromatic carbocycles. The number of carbonyl (C=O) groups excluding carboxylic acids is 3. The van der Waals surface area contributed by atoms with E-state index in [1.165, 1.54) is 0 Å². The molecular weight excluding hydrogens is 476 g/mol. The molecule has 1 saturated carbocycles. The summed E-state index contributed by atoms with van der Waals surface area (Å²) in [6, 6.07) is 13.6. The summed E-state index contributed by atoms with van der Waals surface area (Å²) in [5.74, 6) is 0.283. The highest BCUT2D eigenvalue weighted by Gasteiger charge is 2.64. The third-order valence-corrected chi connectivity index (χ3v) is 6.58. The largest absolute Gasteiger partial charge is 0.464 e. The van der Waals surface area contributed by atoms with Crippen LogP contribution < -0.4 is 10.1 Å². The van der Waals surface area contributed by atoms with Gasteiger partial charge >= 0.3 is 5.97 Å². The maximum atomic E-state index is 12.8. The Kier molecular flexibility index (Phi) is 6.24. The summed E-state index contributed by atoms with van der Waals surface area (Å²) in [6.45, 7) is 3.93. The lowest BCUT2D eigenvalue weighted by molar-refractivity contribution is -0.153. The van der Waals surface area contributed by atoms with Crippen LogP contribution in [0.1, 0.15) is 37.0 Å². The number of nitrogens with zero attached hydrogens (tertiary/aromatic N) is 1. The fourth-order valence-electron chi connectivity index (χ4n) is 4.24. The zero-order chi connectivity index (χ0) is 22.9. The van der Waals surface area contributed by atoms with Gasteiger partial charge < -0.3 is 19.7 Å². The molecule has 1 heterocycles. The first kappa shape index (κ1) is 22.3. The summed E-state index contributed by atoms with van der Waals surface area (Å²) >= 11 is 3.38. The van der Waals surface area contributed by atoms with E-state index in [0.29, 0.717) is 23.5 Å². The van der Waals surface area contributed by atoms with Gasteiger partial charge in [-0.05, 0) is 73.7 Å². The second kappa shape index (κ2) is 8.94. The molecular formula is C24H25BrN2O5. The van der Waals surface area contributed by atoms with Crippen molar-refractivity contribution in [1.82, 2.24) is 10.2 Å². The van der Waals surface area contributed by atoms with E-state index in [0.717, 1.165) is 10.9 Å². The Bertz CT molecular complexity index is 1020. The molecule has 168 valence electrons. The quantitative estimate of drug-likeness (QED) is 0.582. The molecule has 0 bridgehead atoms. The molecule has 2 amide bonds. The van der Waals surface area contributed by atoms with Gasteiger partial charge in [-0.2, -0.15) is 0 Å². The standard InChI is InChI=1S/C24H25BrN2O5/c1-3-31-23(30)19-12-24(2)13-20(24)27(19)21(28)14-26-22(29)15-4-8-17(9-5-15)32-18-10-6-16(25)7-11-18/h4-11,19-20H,3,12-14H2,1-2H3,(H,26,29)/t19?,20?,24-/m1/s1. The Balaban J connectivity index is 1.33. The number of carbonyl (C=O) groups is 3. The number of piperidine rings is 1. The first-order valence-corrected chi connectivity index (χ1v) is 11.4. The molecule has 0 radical (unpaired) electrons. The molecule has 1 aliphatic carbocycles. The minimum absolute atomic E-state index is 0.0260. The summed E-state index contributed by atoms with van der Waals surface area (Å²) in [5.41, 5.74) is 0.391. The SMILES string of the molecule is CCOC(=O)C1C[C@]2(C)CC2N1C(=O)CNC(=O)c1ccc(Oc2ccc(Br)cc2)cc1. The van der Waals surface area contributed by atoms with E-state index in [2.05, 4.69) is 28.2 Å². The molecule has 3 atom stereocenters. The lowest BCUT2D eigenvalue weighted by Crippen LogP contribution is -2.48. The summed E-state index contributed by atoms with van der Waals surface area (Å²) < 4.78 is 11.9. The van der Waals surface area contributed by atoms with E-state index >= 15 is 0 Å². The van der Waals surface area contributed by atoms with Crippen LogP contribution in [0.25, 0.3) is 0 Å². The lowest BCUT2D eigenvalue weighted by atomic mass is 10.0. The Hall–Kier alpha value is -2.87. The van der Waals surface area contributed by atoms with Crippen LogP contribution in [0.3, 0.4) is 0 Å². The summed E-state index contributed by atoms with van der Waals surface area (Å²) in [4.78, 5) is 39.3. The van der Waals surface area contributed by atoms with Crippen LogP contribution in [0.5, 0.6) is 11.5 Å². The fraction of sp³-hybridized carbons (Fsp3) is 0.375. The Morgan fingerprint density at radius 3 is 2.31 bits per heavy atom. The van der Waals surface area contributed by atoms with Crippen molar-refractivity contribution < 1.29 is 23.9 Å². The number of amides is 2. The minimum Gasteiger partial charge on any atom is -0.464 e. The number of ether oxygens (including phenoxy) is 2. The van der Waals surface area contributed by atoms with E-state index < -0.39 is 6.04 Å². The van der Waals surface area contributed by atoms with Crippen LogP contribution in [-0.4, -0.2) is 47.9 Å². The van der Waals surface area contributed by atoms with Gasteiger partial charge in [-0.3, -0.25) is 9.59 Å². The predicted octanol–water partition coefficient (Wildman–Crippen LogP) is 3.91. The second-order valence-corrected chi connectivity index (χ2v) is 9.33. The molecule has 2 aromatic rings. The van der Waals surface area contributed by atoms with Gasteiger partial charge in [0.15, 0.2) is 0 Å². The summed E-state index contributed by atoms with van der Waals surface area (Å²) in [7, 11) is 0. The Morgan fingerprint density at radius 1 is 1.06 bits per heavy atom. The molecule has 1 N–H and O–H groups in total. The van der Waals surface area contributed by atoms with E-state index in [1.54, 1.807) is 36.1 Å². The Morgan fingerprint density at radius 2 is 1.69 bits per heavy atom. The minimum atomic E-state index is -0.571. The predicted molar refractivity (Wildman–Crippen MR) is 121 cm³/mol. The number of esters is 1. The molecule has 2 unspecified atom stereocenters. The van der Waals surface area contributed by atoms with Crippen LogP contribution >= 0.6 is 15.9 Å². The third kappa shape index (κ3) is 4.65. The van der Waals surface area contributed by atoms with Crippen LogP contribution in [0, 0.1) is 5.41 Å². The molecule has 2 fully saturated rings. The maximum Gasteiger partial charge on any atom is 0.328 e. The second-order valence-electron chi connectivity index (χ2n) is 8.41. The maximum absolute atomic E-state index is 12.8. The van der Waals surface area contributed by atoms with E-state index in [-0.39, 0.29) is 42.4 Å². The lowest BCUT2D eigenvalue weighted by Gasteiger charge is -2.26. The molecule has 4 rings (SSSR count). The highest BCUT2D eigenvalue weighted by molar-refractivity contribution is 9.10. The van der Waals surface area contributed by atoms with Gasteiger partial charge in [0.05, 0.1) is 13.2 Å². The van der Waals surface area contributed by atoms with Gasteiger partial charge in [0.25, 0.3) is 5.91 Å². The van der Waals surface area contributed by atoms with Crippen molar-refractivity contribution in [2.45, 2.75) is 38.8 Å². The van der Waals surface area contributed by atoms with Gasteiger partial charge in [0, 0.05) is 16.1 Å². The van der Waals surface area contributed by atoms with E-state index in [9.17, 15) is 14.4 Å². The van der Waals surface area contributed by atoms with Crippen molar-refractivity contribution in [2.24, 2.45) is 5.41 Å². The number of benzene rings is 2. The average Bonchev–Trinajstić information content (AvgIpc) is 3.34. The van der Waals surface area contributed by atoms with Crippen molar-refractivity contribution in [3.63, 3.8) is 0 Å². The van der Waals surface area contributed by atoms with Crippen molar-refractivity contribution in [2.75, 3.05) is 13.2 Å². The first-order valence-electron chi connectivity index (χ1n) is 10.6. The number of rotatable bonds is 7. The number of fused-ring (bicyclic) bond motifs is 1. The molecule has 7 nitrogen and oxygen atoms in total. The van der Waals surface area contributed by atoms with Gasteiger partial charge in [0.2, 0.25) is 5.91 Å². The molecule has 2 aliphatic rings. The zero-order valence-electron chi connectivity index (χ0n) is 18.0. The topological polar surface area (TPSA) is 84.9 Å². The molecule has 0 aromatic heterocycles. The molecule has 1 saturated heterocycles. The van der Waals surface area contributed by atoms with Crippen molar-refractivity contribution in [3.8, 4) is 11.5 Å². The fourth-order valence-corrected chi connectivity index (χ4v) is 4.50. The highest BCUT2D eigenvalue weighted by atomic mass is 79.9. The number of halogens is 1. The van der Waals surface area contributed by atoms with E-state index in [4.69, 9.17) is 9.47 Å². The van der Waals surface area contributed by atoms with Crippen LogP contribution in [0.2, 0.25) is 0 Å². The number of hydrogen-bond acceptors (Lipinski definition) is 5. The zero-order valence-corrected chi connectivity index (χ0v) is 19.6. The van der Waals surface area contributed by atoms with Crippen molar-refractivity contribution >= 4 is 33.7 Å². The van der Waals surface area contributed by atoms with Gasteiger partial charge in [0.1, 0.15) is 17.5 Å². The van der Waals surface area contributed by atoms with Crippen LogP contribution in [-0.2, 0) is 14.3 Å². The van der Waals surface area contributed by atoms with Crippen LogP contribution in [0.4, 0.5) is 0 Å². The van der Waals surface area contributed by atoms with Crippen LogP contribution in [0.15, 0.2) is 53.0 Å². The van der Waals surface area contributed by atoms with Crippen molar-refractivity contribution in [1.29, 1.82) is 0 Å². The van der Waals surface area contributed by atoms with E-state index in [1.807, 2.05) is 24.3 Å². The molecule has 1 aliphatic heterocycles. The Labute approximate surface area is 195 Å². The average molecular weight is 501 g/mol. The summed E-state index contributed by atoms with van der Waals surface area (Å²) in [6.07, 6.45) is 1.48. The monoisotopic (exact) mass is 500 g/mol. The number of nitrogens with one attached hydrogen (secondary N) is 1. The first-order chi connectivity index (χ1) is 15.3. The van der Waals surface area contributed by atoms with Gasteiger partial charge in [-0.25, -0.2) is 4.79 Å². The molecule has 8 heteroatoms. The highest BCUT2D eigenvalue weighted by Crippen LogP contribution is 2.59.